The van der Waals surface area contributed by atoms with Crippen molar-refractivity contribution in [2.24, 2.45) is 5.84 Å². The van der Waals surface area contributed by atoms with Crippen LogP contribution >= 0.6 is 27.5 Å². The van der Waals surface area contributed by atoms with Crippen LogP contribution in [0.4, 0.5) is 5.69 Å². The van der Waals surface area contributed by atoms with Gasteiger partial charge in [-0.2, -0.15) is 0 Å². The normalized spacial score (nSPS) is 10.8. The molecule has 0 aliphatic carbocycles. The van der Waals surface area contributed by atoms with E-state index in [0.29, 0.717) is 17.1 Å². The van der Waals surface area contributed by atoms with Crippen molar-refractivity contribution in [2.75, 3.05) is 12.5 Å². The molecule has 0 radical (unpaired) electrons. The molecule has 1 heterocycles. The Morgan fingerprint density at radius 3 is 2.94 bits per heavy atom. The molecule has 2 aromatic rings. The number of pyridine rings is 1. The number of anilines is 1. The van der Waals surface area contributed by atoms with Gasteiger partial charge in [0, 0.05) is 17.0 Å². The Bertz CT molecular complexity index is 562. The maximum atomic E-state index is 6.14. The highest BCUT2D eigenvalue weighted by Gasteiger charge is 2.11. The highest BCUT2D eigenvalue weighted by atomic mass is 79.9. The Morgan fingerprint density at radius 2 is 2.29 bits per heavy atom. The molecule has 0 spiro atoms. The van der Waals surface area contributed by atoms with Crippen molar-refractivity contribution >= 4 is 44.1 Å². The summed E-state index contributed by atoms with van der Waals surface area (Å²) in [6.07, 6.45) is 0. The SMILES string of the molecule is COCc1cc(NN)c2c(Br)ccc(Cl)c2n1. The Hall–Kier alpha value is -0.880. The lowest BCUT2D eigenvalue weighted by Gasteiger charge is -2.11. The van der Waals surface area contributed by atoms with E-state index < -0.39 is 0 Å². The summed E-state index contributed by atoms with van der Waals surface area (Å²) in [4.78, 5) is 4.45. The van der Waals surface area contributed by atoms with Gasteiger partial charge in [0.1, 0.15) is 0 Å². The van der Waals surface area contributed by atoms with Gasteiger partial charge < -0.3 is 10.2 Å². The zero-order valence-electron chi connectivity index (χ0n) is 9.13. The van der Waals surface area contributed by atoms with Gasteiger partial charge in [-0.25, -0.2) is 4.98 Å². The maximum absolute atomic E-state index is 6.14. The molecule has 90 valence electrons. The summed E-state index contributed by atoms with van der Waals surface area (Å²) in [5.41, 5.74) is 4.88. The topological polar surface area (TPSA) is 60.2 Å². The predicted molar refractivity (Wildman–Crippen MR) is 73.0 cm³/mol. The summed E-state index contributed by atoms with van der Waals surface area (Å²) in [6.45, 7) is 0.410. The largest absolute Gasteiger partial charge is 0.378 e. The molecule has 1 aromatic carbocycles. The van der Waals surface area contributed by atoms with Crippen LogP contribution in [0.5, 0.6) is 0 Å². The van der Waals surface area contributed by atoms with Gasteiger partial charge in [0.05, 0.1) is 28.5 Å². The first-order chi connectivity index (χ1) is 8.17. The molecule has 0 amide bonds. The average molecular weight is 317 g/mol. The molecule has 6 heteroatoms. The van der Waals surface area contributed by atoms with Gasteiger partial charge in [0.15, 0.2) is 0 Å². The number of halogens is 2. The molecular weight excluding hydrogens is 305 g/mol. The number of fused-ring (bicyclic) bond motifs is 1. The quantitative estimate of drug-likeness (QED) is 0.675. The van der Waals surface area contributed by atoms with E-state index >= 15 is 0 Å². The van der Waals surface area contributed by atoms with E-state index in [0.717, 1.165) is 21.2 Å². The van der Waals surface area contributed by atoms with Crippen molar-refractivity contribution in [1.82, 2.24) is 4.98 Å². The first-order valence-corrected chi connectivity index (χ1v) is 6.07. The van der Waals surface area contributed by atoms with Crippen molar-refractivity contribution in [3.8, 4) is 0 Å². The van der Waals surface area contributed by atoms with Crippen LogP contribution in [0, 0.1) is 0 Å². The lowest BCUT2D eigenvalue weighted by Crippen LogP contribution is -2.09. The lowest BCUT2D eigenvalue weighted by atomic mass is 10.1. The third kappa shape index (κ3) is 2.37. The van der Waals surface area contributed by atoms with Gasteiger partial charge in [-0.1, -0.05) is 27.5 Å². The monoisotopic (exact) mass is 315 g/mol. The zero-order valence-corrected chi connectivity index (χ0v) is 11.5. The first kappa shape index (κ1) is 12.6. The second-order valence-electron chi connectivity index (χ2n) is 3.49. The van der Waals surface area contributed by atoms with Gasteiger partial charge in [-0.05, 0) is 18.2 Å². The van der Waals surface area contributed by atoms with E-state index in [9.17, 15) is 0 Å². The molecule has 0 aliphatic heterocycles. The van der Waals surface area contributed by atoms with Gasteiger partial charge in [-0.15, -0.1) is 0 Å². The lowest BCUT2D eigenvalue weighted by molar-refractivity contribution is 0.182. The van der Waals surface area contributed by atoms with Gasteiger partial charge in [0.25, 0.3) is 0 Å². The fourth-order valence-electron chi connectivity index (χ4n) is 1.66. The van der Waals surface area contributed by atoms with Crippen molar-refractivity contribution in [2.45, 2.75) is 6.61 Å². The van der Waals surface area contributed by atoms with Crippen molar-refractivity contribution in [1.29, 1.82) is 0 Å². The van der Waals surface area contributed by atoms with Crippen LogP contribution < -0.4 is 11.3 Å². The standard InChI is InChI=1S/C11H11BrClN3O/c1-17-5-6-4-9(16-14)10-7(12)2-3-8(13)11(10)15-6/h2-4H,5,14H2,1H3,(H,15,16). The second kappa shape index (κ2) is 5.18. The number of ether oxygens (including phenoxy) is 1. The highest BCUT2D eigenvalue weighted by molar-refractivity contribution is 9.10. The fraction of sp³-hybridized carbons (Fsp3) is 0.182. The smallest absolute Gasteiger partial charge is 0.0925 e. The van der Waals surface area contributed by atoms with Crippen LogP contribution in [0.25, 0.3) is 10.9 Å². The van der Waals surface area contributed by atoms with E-state index in [1.54, 1.807) is 13.2 Å². The average Bonchev–Trinajstić information content (AvgIpc) is 2.33. The summed E-state index contributed by atoms with van der Waals surface area (Å²) in [5.74, 6) is 5.52. The van der Waals surface area contributed by atoms with E-state index in [2.05, 4.69) is 26.3 Å². The number of methoxy groups -OCH3 is 1. The highest BCUT2D eigenvalue weighted by Crippen LogP contribution is 2.34. The number of aromatic nitrogens is 1. The number of nitrogens with zero attached hydrogens (tertiary/aromatic N) is 1. The van der Waals surface area contributed by atoms with E-state index in [1.165, 1.54) is 0 Å². The Morgan fingerprint density at radius 1 is 1.53 bits per heavy atom. The Labute approximate surface area is 112 Å². The first-order valence-electron chi connectivity index (χ1n) is 4.90. The van der Waals surface area contributed by atoms with Crippen molar-refractivity contribution in [3.05, 3.63) is 33.4 Å². The third-order valence-corrected chi connectivity index (χ3v) is 3.33. The Kier molecular flexibility index (Phi) is 3.83. The summed E-state index contributed by atoms with van der Waals surface area (Å²) in [6, 6.07) is 5.49. The number of nitrogens with two attached hydrogens (primary N) is 1. The second-order valence-corrected chi connectivity index (χ2v) is 4.75. The minimum absolute atomic E-state index is 0.410. The minimum atomic E-state index is 0.410. The molecule has 4 nitrogen and oxygen atoms in total. The van der Waals surface area contributed by atoms with Crippen LogP contribution in [0.1, 0.15) is 5.69 Å². The van der Waals surface area contributed by atoms with E-state index in [4.69, 9.17) is 22.2 Å². The molecule has 0 atom stereocenters. The van der Waals surface area contributed by atoms with Gasteiger partial charge in [-0.3, -0.25) is 5.84 Å². The number of hydrazine groups is 1. The number of nitrogens with one attached hydrogen (secondary N) is 1. The van der Waals surface area contributed by atoms with Crippen molar-refractivity contribution in [3.63, 3.8) is 0 Å². The van der Waals surface area contributed by atoms with Crippen LogP contribution in [0.2, 0.25) is 5.02 Å². The van der Waals surface area contributed by atoms with Gasteiger partial charge in [0.2, 0.25) is 0 Å². The Balaban J connectivity index is 2.77. The number of benzene rings is 1. The summed E-state index contributed by atoms with van der Waals surface area (Å²) in [5, 5.41) is 1.44. The molecule has 3 N–H and O–H groups in total. The van der Waals surface area contributed by atoms with Crippen LogP contribution in [-0.2, 0) is 11.3 Å². The number of hydrogen-bond donors (Lipinski definition) is 2. The van der Waals surface area contributed by atoms with Crippen LogP contribution in [0.15, 0.2) is 22.7 Å². The van der Waals surface area contributed by atoms with E-state index in [-0.39, 0.29) is 0 Å². The van der Waals surface area contributed by atoms with Gasteiger partial charge >= 0.3 is 0 Å². The molecule has 0 aliphatic rings. The third-order valence-electron chi connectivity index (χ3n) is 2.36. The van der Waals surface area contributed by atoms with Crippen molar-refractivity contribution < 1.29 is 4.74 Å². The maximum Gasteiger partial charge on any atom is 0.0925 e. The molecule has 0 saturated heterocycles. The van der Waals surface area contributed by atoms with Crippen LogP contribution in [0.3, 0.4) is 0 Å². The summed E-state index contributed by atoms with van der Waals surface area (Å²) >= 11 is 9.60. The molecule has 1 aromatic heterocycles. The molecule has 2 rings (SSSR count). The van der Waals surface area contributed by atoms with E-state index in [1.807, 2.05) is 12.1 Å². The predicted octanol–water partition coefficient (Wildman–Crippen LogP) is 3.08. The number of hydrogen-bond acceptors (Lipinski definition) is 4. The summed E-state index contributed by atoms with van der Waals surface area (Å²) < 4.78 is 5.95. The molecule has 17 heavy (non-hydrogen) atoms. The molecular formula is C11H11BrClN3O. The molecule has 0 bridgehead atoms. The fourth-order valence-corrected chi connectivity index (χ4v) is 2.39. The molecule has 0 saturated carbocycles. The number of rotatable bonds is 3. The minimum Gasteiger partial charge on any atom is -0.378 e. The van der Waals surface area contributed by atoms with Crippen LogP contribution in [-0.4, -0.2) is 12.1 Å². The molecule has 0 fully saturated rings. The molecule has 0 unspecified atom stereocenters. The zero-order chi connectivity index (χ0) is 12.4. The summed E-state index contributed by atoms with van der Waals surface area (Å²) in [7, 11) is 1.62. The number of nitrogen functional groups attached to an aromatic ring is 1.